The number of anilines is 1. The Hall–Kier alpha value is -3.02. The fraction of sp³-hybridized carbons (Fsp3) is 0.333. The summed E-state index contributed by atoms with van der Waals surface area (Å²) in [6.07, 6.45) is 0. The molecule has 0 saturated heterocycles. The van der Waals surface area contributed by atoms with Gasteiger partial charge in [-0.05, 0) is 54.8 Å². The van der Waals surface area contributed by atoms with E-state index in [1.165, 1.54) is 0 Å². The largest absolute Gasteiger partial charge is 0.495 e. The van der Waals surface area contributed by atoms with E-state index in [1.807, 2.05) is 55.5 Å². The highest BCUT2D eigenvalue weighted by molar-refractivity contribution is 5.99. The number of hydrogen-bond acceptors (Lipinski definition) is 5. The van der Waals surface area contributed by atoms with Gasteiger partial charge in [0.15, 0.2) is 0 Å². The summed E-state index contributed by atoms with van der Waals surface area (Å²) in [5.74, 6) is 1.75. The van der Waals surface area contributed by atoms with Crippen LogP contribution >= 0.6 is 0 Å². The summed E-state index contributed by atoms with van der Waals surface area (Å²) >= 11 is 0. The zero-order valence-corrected chi connectivity index (χ0v) is 16.3. The molecule has 0 fully saturated rings. The number of nitrogens with one attached hydrogen (secondary N) is 2. The monoisotopic (exact) mass is 369 g/mol. The van der Waals surface area contributed by atoms with E-state index in [2.05, 4.69) is 29.7 Å². The lowest BCUT2D eigenvalue weighted by Gasteiger charge is -2.10. The second-order valence-corrected chi connectivity index (χ2v) is 6.52. The van der Waals surface area contributed by atoms with E-state index >= 15 is 0 Å². The summed E-state index contributed by atoms with van der Waals surface area (Å²) in [7, 11) is 1.59. The molecule has 0 saturated carbocycles. The maximum Gasteiger partial charge on any atom is 0.259 e. The molecule has 144 valence electrons. The molecule has 2 rings (SSSR count). The van der Waals surface area contributed by atoms with Crippen LogP contribution in [0.3, 0.4) is 0 Å². The number of carbonyl (C=O) groups excluding carboxylic acids is 1. The minimum Gasteiger partial charge on any atom is -0.495 e. The first kappa shape index (κ1) is 20.3. The Balaban J connectivity index is 1.86. The Labute approximate surface area is 160 Å². The normalized spacial score (nSPS) is 11.2. The third-order valence-electron chi connectivity index (χ3n) is 3.75. The number of para-hydroxylation sites is 2. The van der Waals surface area contributed by atoms with Crippen molar-refractivity contribution in [3.05, 3.63) is 54.1 Å². The maximum atomic E-state index is 12.0. The molecule has 0 spiro atoms. The van der Waals surface area contributed by atoms with Gasteiger partial charge in [0.2, 0.25) is 0 Å². The molecule has 6 heteroatoms. The van der Waals surface area contributed by atoms with E-state index in [4.69, 9.17) is 9.47 Å². The summed E-state index contributed by atoms with van der Waals surface area (Å²) in [5, 5.41) is 7.19. The van der Waals surface area contributed by atoms with Crippen LogP contribution in [0.15, 0.2) is 53.6 Å². The van der Waals surface area contributed by atoms with Crippen molar-refractivity contribution in [3.8, 4) is 11.5 Å². The van der Waals surface area contributed by atoms with Crippen LogP contribution in [0, 0.1) is 5.92 Å². The summed E-state index contributed by atoms with van der Waals surface area (Å²) in [5.41, 5.74) is 4.95. The third-order valence-corrected chi connectivity index (χ3v) is 3.75. The van der Waals surface area contributed by atoms with Crippen LogP contribution in [0.4, 0.5) is 5.69 Å². The fourth-order valence-corrected chi connectivity index (χ4v) is 2.27. The molecule has 2 aromatic carbocycles. The number of hydrogen-bond donors (Lipinski definition) is 2. The van der Waals surface area contributed by atoms with Gasteiger partial charge in [0.05, 0.1) is 31.7 Å². The van der Waals surface area contributed by atoms with E-state index in [9.17, 15) is 4.79 Å². The lowest BCUT2D eigenvalue weighted by molar-refractivity contribution is -0.119. The van der Waals surface area contributed by atoms with Crippen LogP contribution in [-0.4, -0.2) is 31.9 Å². The van der Waals surface area contributed by atoms with Gasteiger partial charge in [-0.3, -0.25) is 4.79 Å². The summed E-state index contributed by atoms with van der Waals surface area (Å²) in [4.78, 5) is 12.0. The van der Waals surface area contributed by atoms with Gasteiger partial charge in [0.25, 0.3) is 5.91 Å². The highest BCUT2D eigenvalue weighted by atomic mass is 16.5. The number of ether oxygens (including phenoxy) is 2. The van der Waals surface area contributed by atoms with Crippen molar-refractivity contribution < 1.29 is 14.3 Å². The van der Waals surface area contributed by atoms with Gasteiger partial charge < -0.3 is 14.8 Å². The molecule has 0 atom stereocenters. The van der Waals surface area contributed by atoms with E-state index in [-0.39, 0.29) is 12.5 Å². The zero-order chi connectivity index (χ0) is 19.6. The van der Waals surface area contributed by atoms with Crippen molar-refractivity contribution in [2.45, 2.75) is 20.8 Å². The maximum absolute atomic E-state index is 12.0. The average molecular weight is 369 g/mol. The molecule has 0 radical (unpaired) electrons. The Kier molecular flexibility index (Phi) is 7.67. The third kappa shape index (κ3) is 6.66. The predicted molar refractivity (Wildman–Crippen MR) is 109 cm³/mol. The fourth-order valence-electron chi connectivity index (χ4n) is 2.27. The predicted octanol–water partition coefficient (Wildman–Crippen LogP) is 3.68. The summed E-state index contributed by atoms with van der Waals surface area (Å²) in [6.45, 7) is 6.84. The van der Waals surface area contributed by atoms with Gasteiger partial charge in [-0.25, -0.2) is 5.43 Å². The first-order valence-corrected chi connectivity index (χ1v) is 8.93. The first-order valence-electron chi connectivity index (χ1n) is 8.93. The van der Waals surface area contributed by atoms with Gasteiger partial charge >= 0.3 is 0 Å². The van der Waals surface area contributed by atoms with Gasteiger partial charge in [0.1, 0.15) is 11.5 Å². The highest BCUT2D eigenvalue weighted by Crippen LogP contribution is 2.22. The molecule has 27 heavy (non-hydrogen) atoms. The van der Waals surface area contributed by atoms with Crippen LogP contribution in [0.5, 0.6) is 11.5 Å². The average Bonchev–Trinajstić information content (AvgIpc) is 2.69. The number of carbonyl (C=O) groups is 1. The standard InChI is InChI=1S/C21H27N3O3/c1-15(2)14-27-18-11-9-17(10-12-18)16(3)23-24-21(25)13-22-19-7-5-6-8-20(19)26-4/h5-12,15,22H,13-14H2,1-4H3,(H,24,25)/b23-16-. The lowest BCUT2D eigenvalue weighted by atomic mass is 10.1. The molecule has 1 amide bonds. The van der Waals surface area contributed by atoms with Crippen molar-refractivity contribution >= 4 is 17.3 Å². The van der Waals surface area contributed by atoms with Crippen LogP contribution in [0.2, 0.25) is 0 Å². The Bertz CT molecular complexity index is 770. The molecule has 2 N–H and O–H groups in total. The highest BCUT2D eigenvalue weighted by Gasteiger charge is 2.05. The smallest absolute Gasteiger partial charge is 0.259 e. The Morgan fingerprint density at radius 3 is 2.48 bits per heavy atom. The van der Waals surface area contributed by atoms with Crippen molar-refractivity contribution in [1.82, 2.24) is 5.43 Å². The quantitative estimate of drug-likeness (QED) is 0.522. The second-order valence-electron chi connectivity index (χ2n) is 6.52. The van der Waals surface area contributed by atoms with Crippen molar-refractivity contribution in [2.75, 3.05) is 25.6 Å². The molecule has 0 aliphatic carbocycles. The first-order chi connectivity index (χ1) is 13.0. The second kappa shape index (κ2) is 10.2. The van der Waals surface area contributed by atoms with Crippen LogP contribution in [0.1, 0.15) is 26.3 Å². The number of amides is 1. The molecule has 2 aromatic rings. The zero-order valence-electron chi connectivity index (χ0n) is 16.3. The van der Waals surface area contributed by atoms with Gasteiger partial charge in [-0.15, -0.1) is 0 Å². The molecule has 0 aliphatic rings. The van der Waals surface area contributed by atoms with Crippen molar-refractivity contribution in [2.24, 2.45) is 11.0 Å². The van der Waals surface area contributed by atoms with E-state index < -0.39 is 0 Å². The number of nitrogens with zero attached hydrogens (tertiary/aromatic N) is 1. The molecule has 6 nitrogen and oxygen atoms in total. The Morgan fingerprint density at radius 2 is 1.81 bits per heavy atom. The minimum absolute atomic E-state index is 0.0964. The summed E-state index contributed by atoms with van der Waals surface area (Å²) in [6, 6.07) is 15.1. The minimum atomic E-state index is -0.239. The Morgan fingerprint density at radius 1 is 1.11 bits per heavy atom. The van der Waals surface area contributed by atoms with E-state index in [0.717, 1.165) is 22.7 Å². The topological polar surface area (TPSA) is 72.0 Å². The molecular formula is C21H27N3O3. The lowest BCUT2D eigenvalue weighted by Crippen LogP contribution is -2.26. The molecular weight excluding hydrogens is 342 g/mol. The van der Waals surface area contributed by atoms with Gasteiger partial charge in [0, 0.05) is 0 Å². The molecule has 0 aromatic heterocycles. The molecule has 0 bridgehead atoms. The van der Waals surface area contributed by atoms with Crippen molar-refractivity contribution in [3.63, 3.8) is 0 Å². The van der Waals surface area contributed by atoms with Crippen LogP contribution in [-0.2, 0) is 4.79 Å². The SMILES string of the molecule is COc1ccccc1NCC(=O)N/N=C(/C)c1ccc(OCC(C)C)cc1. The molecule has 0 heterocycles. The van der Waals surface area contributed by atoms with Gasteiger partial charge in [-0.1, -0.05) is 26.0 Å². The van der Waals surface area contributed by atoms with E-state index in [0.29, 0.717) is 18.3 Å². The van der Waals surface area contributed by atoms with Gasteiger partial charge in [-0.2, -0.15) is 5.10 Å². The number of hydrazone groups is 1. The number of methoxy groups -OCH3 is 1. The van der Waals surface area contributed by atoms with Crippen molar-refractivity contribution in [1.29, 1.82) is 0 Å². The summed E-state index contributed by atoms with van der Waals surface area (Å²) < 4.78 is 10.9. The molecule has 0 unspecified atom stereocenters. The number of rotatable bonds is 9. The number of benzene rings is 2. The van der Waals surface area contributed by atoms with E-state index in [1.54, 1.807) is 7.11 Å². The molecule has 0 aliphatic heterocycles. The van der Waals surface area contributed by atoms with Crippen LogP contribution < -0.4 is 20.2 Å². The van der Waals surface area contributed by atoms with Crippen LogP contribution in [0.25, 0.3) is 0 Å².